The molecule has 0 saturated carbocycles. The van der Waals surface area contributed by atoms with E-state index < -0.39 is 17.7 Å². The molecule has 2 N–H and O–H groups in total. The number of aromatic amines is 1. The summed E-state index contributed by atoms with van der Waals surface area (Å²) in [6, 6.07) is 16.9. The fraction of sp³-hybridized carbons (Fsp3) is 0.120. The number of amides is 1. The molecule has 6 nitrogen and oxygen atoms in total. The Bertz CT molecular complexity index is 1380. The molecule has 1 aliphatic heterocycles. The van der Waals surface area contributed by atoms with E-state index in [0.29, 0.717) is 16.3 Å². The second kappa shape index (κ2) is 7.73. The van der Waals surface area contributed by atoms with Crippen molar-refractivity contribution in [2.24, 2.45) is 0 Å². The van der Waals surface area contributed by atoms with Crippen molar-refractivity contribution in [1.82, 2.24) is 9.88 Å². The summed E-state index contributed by atoms with van der Waals surface area (Å²) in [4.78, 5) is 31.1. The molecule has 2 aromatic heterocycles. The number of para-hydroxylation sites is 1. The van der Waals surface area contributed by atoms with Crippen molar-refractivity contribution in [3.05, 3.63) is 100 Å². The molecule has 2 aromatic carbocycles. The van der Waals surface area contributed by atoms with Crippen molar-refractivity contribution in [2.75, 3.05) is 0 Å². The van der Waals surface area contributed by atoms with E-state index in [1.165, 1.54) is 11.2 Å². The molecule has 0 radical (unpaired) electrons. The highest BCUT2D eigenvalue weighted by molar-refractivity contribution is 6.46. The molecular weight excluding hydrogens is 428 g/mol. The highest BCUT2D eigenvalue weighted by Crippen LogP contribution is 2.44. The standard InChI is InChI=1S/C25H19ClN2O4/c1-14-20(18-9-2-3-10-19(18)27-14)22-21(23(29)15-6-4-7-16(26)12-15)24(30)25(31)28(22)13-17-8-5-11-32-17/h2-12,22,27,29H,13H2,1H3/b23-21+. The molecule has 4 aromatic rings. The molecule has 1 atom stereocenters. The van der Waals surface area contributed by atoms with Crippen LogP contribution in [0.15, 0.2) is 76.9 Å². The summed E-state index contributed by atoms with van der Waals surface area (Å²) in [7, 11) is 0. The number of benzene rings is 2. The number of nitrogens with one attached hydrogen (secondary N) is 1. The zero-order valence-electron chi connectivity index (χ0n) is 17.1. The van der Waals surface area contributed by atoms with Crippen LogP contribution < -0.4 is 0 Å². The number of Topliss-reactive ketones (excluding diaryl/α,β-unsaturated/α-hetero) is 1. The van der Waals surface area contributed by atoms with Gasteiger partial charge >= 0.3 is 0 Å². The third-order valence-electron chi connectivity index (χ3n) is 5.76. The number of halogens is 1. The first-order chi connectivity index (χ1) is 15.5. The number of rotatable bonds is 4. The van der Waals surface area contributed by atoms with Gasteiger partial charge in [0.1, 0.15) is 11.5 Å². The number of nitrogens with zero attached hydrogens (tertiary/aromatic N) is 1. The van der Waals surface area contributed by atoms with Crippen molar-refractivity contribution in [1.29, 1.82) is 0 Å². The molecule has 0 spiro atoms. The van der Waals surface area contributed by atoms with Gasteiger partial charge in [-0.2, -0.15) is 0 Å². The Balaban J connectivity index is 1.76. The Labute approximate surface area is 188 Å². The van der Waals surface area contributed by atoms with Gasteiger partial charge < -0.3 is 19.4 Å². The molecule has 1 aliphatic rings. The lowest BCUT2D eigenvalue weighted by atomic mass is 9.93. The van der Waals surface area contributed by atoms with Crippen molar-refractivity contribution in [2.45, 2.75) is 19.5 Å². The molecular formula is C25H19ClN2O4. The first kappa shape index (κ1) is 20.2. The Morgan fingerprint density at radius 1 is 1.12 bits per heavy atom. The van der Waals surface area contributed by atoms with Crippen LogP contribution in [0.4, 0.5) is 0 Å². The first-order valence-electron chi connectivity index (χ1n) is 10.1. The zero-order valence-corrected chi connectivity index (χ0v) is 17.9. The summed E-state index contributed by atoms with van der Waals surface area (Å²) in [5, 5.41) is 12.5. The number of hydrogen-bond acceptors (Lipinski definition) is 4. The highest BCUT2D eigenvalue weighted by atomic mass is 35.5. The van der Waals surface area contributed by atoms with E-state index in [1.807, 2.05) is 31.2 Å². The molecule has 1 amide bonds. The van der Waals surface area contributed by atoms with Gasteiger partial charge in [0.15, 0.2) is 0 Å². The number of aliphatic hydroxyl groups is 1. The number of aliphatic hydroxyl groups excluding tert-OH is 1. The second-order valence-corrected chi connectivity index (χ2v) is 8.16. The number of furan rings is 1. The molecule has 1 unspecified atom stereocenters. The fourth-order valence-corrected chi connectivity index (χ4v) is 4.55. The molecule has 3 heterocycles. The predicted molar refractivity (Wildman–Crippen MR) is 121 cm³/mol. The smallest absolute Gasteiger partial charge is 0.296 e. The van der Waals surface area contributed by atoms with Gasteiger partial charge in [0.05, 0.1) is 24.4 Å². The molecule has 7 heteroatoms. The van der Waals surface area contributed by atoms with E-state index in [0.717, 1.165) is 22.2 Å². The SMILES string of the molecule is Cc1[nH]c2ccccc2c1C1/C(=C(\O)c2cccc(Cl)c2)C(=O)C(=O)N1Cc1ccco1. The molecule has 32 heavy (non-hydrogen) atoms. The van der Waals surface area contributed by atoms with E-state index >= 15 is 0 Å². The molecule has 160 valence electrons. The third kappa shape index (κ3) is 3.20. The third-order valence-corrected chi connectivity index (χ3v) is 6.00. The van der Waals surface area contributed by atoms with E-state index in [2.05, 4.69) is 4.98 Å². The van der Waals surface area contributed by atoms with Crippen molar-refractivity contribution < 1.29 is 19.1 Å². The van der Waals surface area contributed by atoms with Gasteiger partial charge in [-0.15, -0.1) is 0 Å². The topological polar surface area (TPSA) is 86.5 Å². The number of aryl methyl sites for hydroxylation is 1. The minimum Gasteiger partial charge on any atom is -0.507 e. The van der Waals surface area contributed by atoms with Crippen LogP contribution >= 0.6 is 11.6 Å². The van der Waals surface area contributed by atoms with Crippen LogP contribution in [-0.4, -0.2) is 26.7 Å². The minimum absolute atomic E-state index is 0.0247. The van der Waals surface area contributed by atoms with Crippen molar-refractivity contribution in [3.8, 4) is 0 Å². The summed E-state index contributed by atoms with van der Waals surface area (Å²) in [6.45, 7) is 1.98. The molecule has 5 rings (SSSR count). The van der Waals surface area contributed by atoms with E-state index in [9.17, 15) is 14.7 Å². The average molecular weight is 447 g/mol. The van der Waals surface area contributed by atoms with Crippen LogP contribution in [0.3, 0.4) is 0 Å². The number of likely N-dealkylation sites (tertiary alicyclic amines) is 1. The van der Waals surface area contributed by atoms with Gasteiger partial charge in [-0.25, -0.2) is 0 Å². The first-order valence-corrected chi connectivity index (χ1v) is 10.5. The van der Waals surface area contributed by atoms with Crippen LogP contribution in [0.1, 0.15) is 28.6 Å². The Morgan fingerprint density at radius 2 is 1.94 bits per heavy atom. The number of carbonyl (C=O) groups is 2. The Morgan fingerprint density at radius 3 is 2.69 bits per heavy atom. The van der Waals surface area contributed by atoms with Crippen molar-refractivity contribution >= 4 is 40.0 Å². The minimum atomic E-state index is -0.796. The summed E-state index contributed by atoms with van der Waals surface area (Å²) in [5.74, 6) is -1.16. The molecule has 0 bridgehead atoms. The van der Waals surface area contributed by atoms with Gasteiger partial charge in [-0.3, -0.25) is 9.59 Å². The number of H-pyrrole nitrogens is 1. The van der Waals surface area contributed by atoms with Crippen LogP contribution in [-0.2, 0) is 16.1 Å². The maximum atomic E-state index is 13.2. The average Bonchev–Trinajstić information content (AvgIpc) is 3.47. The Hall–Kier alpha value is -3.77. The van der Waals surface area contributed by atoms with Gasteiger partial charge in [0, 0.05) is 32.7 Å². The lowest BCUT2D eigenvalue weighted by molar-refractivity contribution is -0.140. The summed E-state index contributed by atoms with van der Waals surface area (Å²) in [5.41, 5.74) is 2.84. The van der Waals surface area contributed by atoms with E-state index in [-0.39, 0.29) is 17.9 Å². The highest BCUT2D eigenvalue weighted by Gasteiger charge is 2.47. The van der Waals surface area contributed by atoms with E-state index in [4.69, 9.17) is 16.0 Å². The Kier molecular flexibility index (Phi) is 4.87. The number of aromatic nitrogens is 1. The lowest BCUT2D eigenvalue weighted by Crippen LogP contribution is -2.29. The van der Waals surface area contributed by atoms with Crippen LogP contribution in [0.2, 0.25) is 5.02 Å². The monoisotopic (exact) mass is 446 g/mol. The van der Waals surface area contributed by atoms with Crippen molar-refractivity contribution in [3.63, 3.8) is 0 Å². The maximum absolute atomic E-state index is 13.2. The van der Waals surface area contributed by atoms with Crippen LogP contribution in [0.25, 0.3) is 16.7 Å². The molecule has 1 saturated heterocycles. The van der Waals surface area contributed by atoms with Gasteiger partial charge in [-0.05, 0) is 37.3 Å². The number of carbonyl (C=O) groups excluding carboxylic acids is 2. The lowest BCUT2D eigenvalue weighted by Gasteiger charge is -2.25. The second-order valence-electron chi connectivity index (χ2n) is 7.73. The van der Waals surface area contributed by atoms with Crippen LogP contribution in [0.5, 0.6) is 0 Å². The van der Waals surface area contributed by atoms with E-state index in [1.54, 1.807) is 36.4 Å². The largest absolute Gasteiger partial charge is 0.507 e. The summed E-state index contributed by atoms with van der Waals surface area (Å²) < 4.78 is 5.45. The number of ketones is 1. The fourth-order valence-electron chi connectivity index (χ4n) is 4.36. The maximum Gasteiger partial charge on any atom is 0.296 e. The number of hydrogen-bond donors (Lipinski definition) is 2. The van der Waals surface area contributed by atoms with Crippen LogP contribution in [0, 0.1) is 6.92 Å². The molecule has 0 aliphatic carbocycles. The quantitative estimate of drug-likeness (QED) is 0.251. The summed E-state index contributed by atoms with van der Waals surface area (Å²) >= 11 is 6.11. The summed E-state index contributed by atoms with van der Waals surface area (Å²) in [6.07, 6.45) is 1.52. The van der Waals surface area contributed by atoms with Gasteiger partial charge in [0.25, 0.3) is 11.7 Å². The normalized spacial score (nSPS) is 18.1. The molecule has 1 fully saturated rings. The zero-order chi connectivity index (χ0) is 22.4. The number of fused-ring (bicyclic) bond motifs is 1. The van der Waals surface area contributed by atoms with Gasteiger partial charge in [-0.1, -0.05) is 41.9 Å². The predicted octanol–water partition coefficient (Wildman–Crippen LogP) is 5.34. The van der Waals surface area contributed by atoms with Gasteiger partial charge in [0.2, 0.25) is 0 Å².